The number of hydrogen-bond acceptors (Lipinski definition) is 3. The molecule has 1 aliphatic rings. The fourth-order valence-corrected chi connectivity index (χ4v) is 4.66. The first kappa shape index (κ1) is 22.8. The number of carbonyl (C=O) groups excluding carboxylic acids is 3. The first-order valence-electron chi connectivity index (χ1n) is 11.1. The molecule has 0 aliphatic carbocycles. The van der Waals surface area contributed by atoms with Crippen LogP contribution in [0.2, 0.25) is 0 Å². The van der Waals surface area contributed by atoms with Gasteiger partial charge in [-0.25, -0.2) is 9.69 Å². The van der Waals surface area contributed by atoms with E-state index in [1.807, 2.05) is 56.3 Å². The topological polar surface area (TPSA) is 71.4 Å². The highest BCUT2D eigenvalue weighted by Crippen LogP contribution is 2.31. The van der Waals surface area contributed by atoms with Crippen molar-refractivity contribution in [2.75, 3.05) is 4.90 Å². The van der Waals surface area contributed by atoms with E-state index in [-0.39, 0.29) is 5.57 Å². The van der Waals surface area contributed by atoms with E-state index in [1.54, 1.807) is 24.3 Å². The normalized spacial score (nSPS) is 15.2. The minimum Gasteiger partial charge on any atom is -0.340 e. The number of imide groups is 2. The van der Waals surface area contributed by atoms with Gasteiger partial charge in [0.25, 0.3) is 11.8 Å². The van der Waals surface area contributed by atoms with Crippen LogP contribution in [-0.4, -0.2) is 22.4 Å². The fourth-order valence-electron chi connectivity index (χ4n) is 4.41. The molecular weight excluding hydrogens is 506 g/mol. The summed E-state index contributed by atoms with van der Waals surface area (Å²) in [4.78, 5) is 39.9. The van der Waals surface area contributed by atoms with Crippen LogP contribution in [0.25, 0.3) is 17.0 Å². The number of benzene rings is 3. The first-order chi connectivity index (χ1) is 16.8. The molecule has 4 aromatic rings. The number of aryl methyl sites for hydroxylation is 1. The molecule has 1 fully saturated rings. The zero-order valence-electron chi connectivity index (χ0n) is 19.2. The van der Waals surface area contributed by atoms with Gasteiger partial charge in [-0.3, -0.25) is 14.9 Å². The molecule has 4 amide bonds. The van der Waals surface area contributed by atoms with Crippen molar-refractivity contribution in [2.24, 2.45) is 0 Å². The Balaban J connectivity index is 1.62. The highest BCUT2D eigenvalue weighted by molar-refractivity contribution is 9.10. The van der Waals surface area contributed by atoms with E-state index in [4.69, 9.17) is 0 Å². The quantitative estimate of drug-likeness (QED) is 0.272. The number of aromatic nitrogens is 1. The van der Waals surface area contributed by atoms with Crippen molar-refractivity contribution in [3.63, 3.8) is 0 Å². The molecule has 5 rings (SSSR count). The summed E-state index contributed by atoms with van der Waals surface area (Å²) in [5, 5.41) is 3.25. The number of hydrogen-bond donors (Lipinski definition) is 1. The van der Waals surface area contributed by atoms with Crippen molar-refractivity contribution >= 4 is 56.4 Å². The lowest BCUT2D eigenvalue weighted by Gasteiger charge is -2.26. The second-order valence-electron chi connectivity index (χ2n) is 8.48. The minimum absolute atomic E-state index is 0.0871. The number of nitrogens with zero attached hydrogens (tertiary/aromatic N) is 2. The Bertz CT molecular complexity index is 1540. The van der Waals surface area contributed by atoms with Gasteiger partial charge in [-0.2, -0.15) is 0 Å². The van der Waals surface area contributed by atoms with Crippen LogP contribution < -0.4 is 10.2 Å². The Morgan fingerprint density at radius 3 is 2.37 bits per heavy atom. The first-order valence-corrected chi connectivity index (χ1v) is 11.9. The van der Waals surface area contributed by atoms with E-state index in [1.165, 1.54) is 0 Å². The monoisotopic (exact) mass is 527 g/mol. The van der Waals surface area contributed by atoms with E-state index in [9.17, 15) is 14.4 Å². The number of para-hydroxylation sites is 1. The van der Waals surface area contributed by atoms with Crippen LogP contribution in [0.15, 0.2) is 82.8 Å². The summed E-state index contributed by atoms with van der Waals surface area (Å²) in [6.45, 7) is 4.49. The lowest BCUT2D eigenvalue weighted by atomic mass is 10.0. The van der Waals surface area contributed by atoms with Crippen molar-refractivity contribution in [3.8, 4) is 0 Å². The third-order valence-electron chi connectivity index (χ3n) is 6.25. The largest absolute Gasteiger partial charge is 0.340 e. The molecule has 6 nitrogen and oxygen atoms in total. The van der Waals surface area contributed by atoms with Crippen LogP contribution in [0.3, 0.4) is 0 Å². The van der Waals surface area contributed by atoms with Crippen molar-refractivity contribution in [2.45, 2.75) is 20.4 Å². The number of nitrogens with one attached hydrogen (secondary N) is 1. The van der Waals surface area contributed by atoms with Crippen molar-refractivity contribution in [1.82, 2.24) is 9.88 Å². The molecule has 0 atom stereocenters. The lowest BCUT2D eigenvalue weighted by molar-refractivity contribution is -0.122. The Labute approximate surface area is 211 Å². The summed E-state index contributed by atoms with van der Waals surface area (Å²) in [7, 11) is 0. The molecule has 0 radical (unpaired) electrons. The molecule has 0 bridgehead atoms. The Morgan fingerprint density at radius 1 is 0.914 bits per heavy atom. The van der Waals surface area contributed by atoms with Gasteiger partial charge in [0.05, 0.1) is 5.69 Å². The molecule has 2 heterocycles. The summed E-state index contributed by atoms with van der Waals surface area (Å²) in [5.41, 5.74) is 5.02. The smallest absolute Gasteiger partial charge is 0.335 e. The van der Waals surface area contributed by atoms with Gasteiger partial charge in [-0.1, -0.05) is 64.5 Å². The number of barbiturate groups is 1. The van der Waals surface area contributed by atoms with Gasteiger partial charge in [0.2, 0.25) is 0 Å². The van der Waals surface area contributed by atoms with Crippen LogP contribution >= 0.6 is 15.9 Å². The number of rotatable bonds is 4. The van der Waals surface area contributed by atoms with Gasteiger partial charge < -0.3 is 4.57 Å². The standard InChI is InChI=1S/C28H22BrN3O3/c1-17-14-20(12-13-24(17)29)32-27(34)23(26(33)30-28(32)35)15-22-18(2)31(16-19-8-4-3-5-9-19)25-11-7-6-10-21(22)25/h3-15H,16H2,1-2H3,(H,30,33,35)/b23-15+. The van der Waals surface area contributed by atoms with Gasteiger partial charge >= 0.3 is 6.03 Å². The van der Waals surface area contributed by atoms with Crippen LogP contribution in [0, 0.1) is 13.8 Å². The lowest BCUT2D eigenvalue weighted by Crippen LogP contribution is -2.54. The molecule has 1 saturated heterocycles. The maximum Gasteiger partial charge on any atom is 0.335 e. The maximum absolute atomic E-state index is 13.5. The predicted molar refractivity (Wildman–Crippen MR) is 140 cm³/mol. The second kappa shape index (κ2) is 9.00. The Morgan fingerprint density at radius 2 is 1.63 bits per heavy atom. The van der Waals surface area contributed by atoms with Crippen molar-refractivity contribution in [1.29, 1.82) is 0 Å². The van der Waals surface area contributed by atoms with Crippen molar-refractivity contribution in [3.05, 3.63) is 105 Å². The predicted octanol–water partition coefficient (Wildman–Crippen LogP) is 5.74. The molecule has 0 spiro atoms. The number of carbonyl (C=O) groups is 3. The molecule has 7 heteroatoms. The highest BCUT2D eigenvalue weighted by atomic mass is 79.9. The van der Waals surface area contributed by atoms with Gasteiger partial charge in [-0.05, 0) is 55.3 Å². The van der Waals surface area contributed by atoms with Gasteiger partial charge in [0, 0.05) is 33.2 Å². The molecule has 0 unspecified atom stereocenters. The Hall–Kier alpha value is -3.97. The van der Waals surface area contributed by atoms with Crippen LogP contribution in [0.5, 0.6) is 0 Å². The molecule has 1 aromatic heterocycles. The van der Waals surface area contributed by atoms with E-state index < -0.39 is 17.8 Å². The molecule has 35 heavy (non-hydrogen) atoms. The van der Waals surface area contributed by atoms with Crippen LogP contribution in [0.1, 0.15) is 22.4 Å². The summed E-state index contributed by atoms with van der Waals surface area (Å²) < 4.78 is 3.03. The summed E-state index contributed by atoms with van der Waals surface area (Å²) in [6, 6.07) is 22.4. The van der Waals surface area contributed by atoms with E-state index >= 15 is 0 Å². The molecular formula is C28H22BrN3O3. The minimum atomic E-state index is -0.762. The molecule has 0 saturated carbocycles. The zero-order valence-corrected chi connectivity index (χ0v) is 20.8. The maximum atomic E-state index is 13.5. The van der Waals surface area contributed by atoms with E-state index in [0.717, 1.165) is 42.7 Å². The van der Waals surface area contributed by atoms with Gasteiger partial charge in [-0.15, -0.1) is 0 Å². The number of urea groups is 1. The number of amides is 4. The highest BCUT2D eigenvalue weighted by Gasteiger charge is 2.37. The Kier molecular flexibility index (Phi) is 5.86. The van der Waals surface area contributed by atoms with Crippen LogP contribution in [0.4, 0.5) is 10.5 Å². The number of anilines is 1. The SMILES string of the molecule is Cc1cc(N2C(=O)NC(=O)/C(=C\c3c(C)n(Cc4ccccc4)c4ccccc34)C2=O)ccc1Br. The number of halogens is 1. The fraction of sp³-hybridized carbons (Fsp3) is 0.107. The van der Waals surface area contributed by atoms with E-state index in [0.29, 0.717) is 12.2 Å². The second-order valence-corrected chi connectivity index (χ2v) is 9.33. The molecule has 174 valence electrons. The average molecular weight is 528 g/mol. The number of fused-ring (bicyclic) bond motifs is 1. The summed E-state index contributed by atoms with van der Waals surface area (Å²) in [5.74, 6) is -1.36. The molecule has 1 aliphatic heterocycles. The summed E-state index contributed by atoms with van der Waals surface area (Å²) in [6.07, 6.45) is 1.60. The third-order valence-corrected chi connectivity index (χ3v) is 7.14. The summed E-state index contributed by atoms with van der Waals surface area (Å²) >= 11 is 3.43. The van der Waals surface area contributed by atoms with Gasteiger partial charge in [0.1, 0.15) is 5.57 Å². The third kappa shape index (κ3) is 4.08. The molecule has 1 N–H and O–H groups in total. The van der Waals surface area contributed by atoms with E-state index in [2.05, 4.69) is 37.9 Å². The zero-order chi connectivity index (χ0) is 24.7. The van der Waals surface area contributed by atoms with Crippen LogP contribution in [-0.2, 0) is 16.1 Å². The average Bonchev–Trinajstić information content (AvgIpc) is 3.10. The van der Waals surface area contributed by atoms with Gasteiger partial charge in [0.15, 0.2) is 0 Å². The molecule has 3 aromatic carbocycles. The van der Waals surface area contributed by atoms with Crippen molar-refractivity contribution < 1.29 is 14.4 Å².